The number of rotatable bonds is 5. The van der Waals surface area contributed by atoms with E-state index in [4.69, 9.17) is 4.74 Å². The number of esters is 1. The van der Waals surface area contributed by atoms with E-state index in [1.807, 2.05) is 85.8 Å². The molecule has 0 aliphatic carbocycles. The van der Waals surface area contributed by atoms with Crippen LogP contribution in [0.3, 0.4) is 0 Å². The van der Waals surface area contributed by atoms with E-state index in [1.54, 1.807) is 23.9 Å². The standard InChI is InChI=1S/C28H24O3S/c1-20-15-17-22(18-16-20)26-28(27(30)31-2,19-9-8-12-21-10-4-3-5-11-21)25(29)23-13-6-7-14-24(23)32-26/h3-7,9-18,26H,19H2,1-2H3. The predicted octanol–water partition coefficient (Wildman–Crippen LogP) is 6.44. The highest BCUT2D eigenvalue weighted by Gasteiger charge is 2.56. The number of benzene rings is 3. The van der Waals surface area contributed by atoms with Crippen molar-refractivity contribution >= 4 is 29.6 Å². The number of Topliss-reactive ketones (excluding diaryl/α,β-unsaturated/α-hetero) is 1. The van der Waals surface area contributed by atoms with Gasteiger partial charge in [0.15, 0.2) is 11.2 Å². The summed E-state index contributed by atoms with van der Waals surface area (Å²) in [5.74, 6) is -0.727. The number of hydrogen-bond donors (Lipinski definition) is 0. The highest BCUT2D eigenvalue weighted by Crippen LogP contribution is 2.56. The fraction of sp³-hybridized carbons (Fsp3) is 0.179. The van der Waals surface area contributed by atoms with E-state index in [2.05, 4.69) is 5.73 Å². The first-order chi connectivity index (χ1) is 15.6. The molecule has 4 heteroatoms. The first kappa shape index (κ1) is 21.9. The minimum Gasteiger partial charge on any atom is -0.468 e. The Labute approximate surface area is 192 Å². The molecule has 1 aliphatic rings. The molecule has 160 valence electrons. The van der Waals surface area contributed by atoms with Gasteiger partial charge >= 0.3 is 5.97 Å². The number of thioether (sulfide) groups is 1. The number of aryl methyl sites for hydroxylation is 1. The molecule has 3 aromatic carbocycles. The SMILES string of the molecule is COC(=O)C1(CC=C=Cc2ccccc2)C(=O)c2ccccc2SC1c1ccc(C)cc1. The smallest absolute Gasteiger partial charge is 0.321 e. The van der Waals surface area contributed by atoms with E-state index in [9.17, 15) is 9.59 Å². The number of allylic oxidation sites excluding steroid dienone is 1. The lowest BCUT2D eigenvalue weighted by Crippen LogP contribution is -2.46. The summed E-state index contributed by atoms with van der Waals surface area (Å²) < 4.78 is 5.24. The van der Waals surface area contributed by atoms with Crippen LogP contribution in [0.4, 0.5) is 0 Å². The molecule has 1 heterocycles. The van der Waals surface area contributed by atoms with Crippen LogP contribution in [0.25, 0.3) is 6.08 Å². The lowest BCUT2D eigenvalue weighted by Gasteiger charge is -2.40. The van der Waals surface area contributed by atoms with E-state index < -0.39 is 16.6 Å². The third-order valence-corrected chi connectivity index (χ3v) is 7.27. The van der Waals surface area contributed by atoms with Crippen molar-refractivity contribution in [3.63, 3.8) is 0 Å². The molecule has 0 fully saturated rings. The van der Waals surface area contributed by atoms with E-state index >= 15 is 0 Å². The van der Waals surface area contributed by atoms with Gasteiger partial charge in [0, 0.05) is 10.5 Å². The summed E-state index contributed by atoms with van der Waals surface area (Å²) in [5.41, 5.74) is 5.39. The summed E-state index contributed by atoms with van der Waals surface area (Å²) in [4.78, 5) is 28.1. The Hall–Kier alpha value is -3.33. The van der Waals surface area contributed by atoms with Crippen LogP contribution < -0.4 is 0 Å². The summed E-state index contributed by atoms with van der Waals surface area (Å²) in [6, 6.07) is 25.3. The van der Waals surface area contributed by atoms with Crippen LogP contribution in [0.2, 0.25) is 0 Å². The minimum absolute atomic E-state index is 0.196. The van der Waals surface area contributed by atoms with Gasteiger partial charge in [-0.1, -0.05) is 78.4 Å². The summed E-state index contributed by atoms with van der Waals surface area (Å²) in [5, 5.41) is -0.410. The fourth-order valence-corrected chi connectivity index (χ4v) is 5.52. The largest absolute Gasteiger partial charge is 0.468 e. The van der Waals surface area contributed by atoms with Crippen molar-refractivity contribution in [2.75, 3.05) is 7.11 Å². The molecule has 0 radical (unpaired) electrons. The number of carbonyl (C=O) groups is 2. The van der Waals surface area contributed by atoms with Crippen molar-refractivity contribution < 1.29 is 14.3 Å². The van der Waals surface area contributed by atoms with Crippen molar-refractivity contribution in [3.05, 3.63) is 113 Å². The van der Waals surface area contributed by atoms with E-state index in [-0.39, 0.29) is 12.2 Å². The number of ether oxygens (including phenoxy) is 1. The molecule has 1 aliphatic heterocycles. The highest BCUT2D eigenvalue weighted by atomic mass is 32.2. The Morgan fingerprint density at radius 1 is 1.03 bits per heavy atom. The minimum atomic E-state index is -1.37. The fourth-order valence-electron chi connectivity index (χ4n) is 4.03. The lowest BCUT2D eigenvalue weighted by molar-refractivity contribution is -0.149. The summed E-state index contributed by atoms with van der Waals surface area (Å²) in [6.07, 6.45) is 3.82. The van der Waals surface area contributed by atoms with Gasteiger partial charge in [-0.3, -0.25) is 9.59 Å². The van der Waals surface area contributed by atoms with Crippen molar-refractivity contribution in [1.82, 2.24) is 0 Å². The Balaban J connectivity index is 1.83. The lowest BCUT2D eigenvalue weighted by atomic mass is 9.72. The number of hydrogen-bond acceptors (Lipinski definition) is 4. The first-order valence-electron chi connectivity index (χ1n) is 10.5. The summed E-state index contributed by atoms with van der Waals surface area (Å²) >= 11 is 1.55. The first-order valence-corrected chi connectivity index (χ1v) is 11.4. The maximum atomic E-state index is 13.9. The Bertz CT molecular complexity index is 1190. The molecule has 0 saturated carbocycles. The average molecular weight is 441 g/mol. The van der Waals surface area contributed by atoms with Crippen molar-refractivity contribution in [3.8, 4) is 0 Å². The molecule has 0 bridgehead atoms. The van der Waals surface area contributed by atoms with Crippen molar-refractivity contribution in [2.45, 2.75) is 23.5 Å². The molecule has 3 aromatic rings. The van der Waals surface area contributed by atoms with Gasteiger partial charge in [-0.25, -0.2) is 0 Å². The monoisotopic (exact) mass is 440 g/mol. The molecule has 0 N–H and O–H groups in total. The average Bonchev–Trinajstić information content (AvgIpc) is 2.83. The van der Waals surface area contributed by atoms with Crippen LogP contribution in [0.1, 0.15) is 38.7 Å². The van der Waals surface area contributed by atoms with E-state index in [0.29, 0.717) is 5.56 Å². The summed E-state index contributed by atoms with van der Waals surface area (Å²) in [6.45, 7) is 2.02. The second-order valence-electron chi connectivity index (χ2n) is 7.83. The molecular weight excluding hydrogens is 416 g/mol. The summed E-state index contributed by atoms with van der Waals surface area (Å²) in [7, 11) is 1.35. The van der Waals surface area contributed by atoms with Crippen molar-refractivity contribution in [1.29, 1.82) is 0 Å². The third-order valence-electron chi connectivity index (χ3n) is 5.75. The van der Waals surface area contributed by atoms with Gasteiger partial charge < -0.3 is 4.74 Å². The third kappa shape index (κ3) is 4.08. The molecule has 0 aromatic heterocycles. The van der Waals surface area contributed by atoms with Crippen LogP contribution in [0.5, 0.6) is 0 Å². The predicted molar refractivity (Wildman–Crippen MR) is 129 cm³/mol. The normalized spacial score (nSPS) is 19.4. The van der Waals surface area contributed by atoms with Gasteiger partial charge in [0.25, 0.3) is 0 Å². The molecule has 3 nitrogen and oxygen atoms in total. The van der Waals surface area contributed by atoms with Gasteiger partial charge in [-0.05, 0) is 42.7 Å². The molecule has 0 amide bonds. The van der Waals surface area contributed by atoms with Gasteiger partial charge in [0.2, 0.25) is 0 Å². The quantitative estimate of drug-likeness (QED) is 0.260. The highest BCUT2D eigenvalue weighted by molar-refractivity contribution is 7.99. The number of methoxy groups -OCH3 is 1. The van der Waals surface area contributed by atoms with Crippen LogP contribution in [-0.4, -0.2) is 18.9 Å². The molecule has 4 rings (SSSR count). The molecule has 0 spiro atoms. The van der Waals surface area contributed by atoms with Gasteiger partial charge in [-0.15, -0.1) is 17.5 Å². The number of fused-ring (bicyclic) bond motifs is 1. The molecule has 2 unspecified atom stereocenters. The maximum Gasteiger partial charge on any atom is 0.321 e. The second kappa shape index (κ2) is 9.44. The Morgan fingerprint density at radius 3 is 2.44 bits per heavy atom. The van der Waals surface area contributed by atoms with Gasteiger partial charge in [-0.2, -0.15) is 0 Å². The molecule has 0 saturated heterocycles. The van der Waals surface area contributed by atoms with Crippen molar-refractivity contribution in [2.24, 2.45) is 5.41 Å². The van der Waals surface area contributed by atoms with Crippen LogP contribution in [0, 0.1) is 12.3 Å². The van der Waals surface area contributed by atoms with E-state index in [1.165, 1.54) is 7.11 Å². The van der Waals surface area contributed by atoms with E-state index in [0.717, 1.165) is 21.6 Å². The maximum absolute atomic E-state index is 13.9. The topological polar surface area (TPSA) is 43.4 Å². The Kier molecular flexibility index (Phi) is 6.45. The zero-order chi connectivity index (χ0) is 22.6. The molecular formula is C28H24O3S. The zero-order valence-electron chi connectivity index (χ0n) is 18.1. The Morgan fingerprint density at radius 2 is 1.72 bits per heavy atom. The molecule has 32 heavy (non-hydrogen) atoms. The van der Waals surface area contributed by atoms with Crippen LogP contribution >= 0.6 is 11.8 Å². The zero-order valence-corrected chi connectivity index (χ0v) is 18.9. The number of carbonyl (C=O) groups excluding carboxylic acids is 2. The number of ketones is 1. The van der Waals surface area contributed by atoms with Gasteiger partial charge in [0.05, 0.1) is 12.4 Å². The second-order valence-corrected chi connectivity index (χ2v) is 8.97. The van der Waals surface area contributed by atoms with Gasteiger partial charge in [0.1, 0.15) is 0 Å². The molecule has 2 atom stereocenters. The van der Waals surface area contributed by atoms with Crippen LogP contribution in [-0.2, 0) is 9.53 Å². The van der Waals surface area contributed by atoms with Crippen LogP contribution in [0.15, 0.2) is 95.6 Å².